The van der Waals surface area contributed by atoms with Crippen LogP contribution in [0.4, 0.5) is 0 Å². The first kappa shape index (κ1) is 30.2. The normalized spacial score (nSPS) is 11.2. The number of hydrogen-bond acceptors (Lipinski definition) is 5. The summed E-state index contributed by atoms with van der Waals surface area (Å²) < 4.78 is 0. The second-order valence-corrected chi connectivity index (χ2v) is 12.6. The van der Waals surface area contributed by atoms with Crippen molar-refractivity contribution >= 4 is 21.5 Å². The van der Waals surface area contributed by atoms with Gasteiger partial charge in [-0.05, 0) is 87.1 Å². The minimum Gasteiger partial charge on any atom is -0.237 e. The summed E-state index contributed by atoms with van der Waals surface area (Å²) in [5.74, 6) is 2.56. The highest BCUT2D eigenvalue weighted by molar-refractivity contribution is 6.13. The Morgan fingerprint density at radius 3 is 1.45 bits per heavy atom. The molecule has 0 bridgehead atoms. The molecule has 0 atom stereocenters. The predicted molar refractivity (Wildman–Crippen MR) is 208 cm³/mol. The van der Waals surface area contributed by atoms with Crippen molar-refractivity contribution in [3.63, 3.8) is 0 Å². The Labute approximate surface area is 296 Å². The highest BCUT2D eigenvalue weighted by Crippen LogP contribution is 2.40. The lowest BCUT2D eigenvalue weighted by Crippen LogP contribution is -2.00. The van der Waals surface area contributed by atoms with Gasteiger partial charge in [0.05, 0.1) is 0 Å². The molecule has 2 heterocycles. The lowest BCUT2D eigenvalue weighted by Gasteiger charge is -2.16. The van der Waals surface area contributed by atoms with Crippen LogP contribution in [0, 0.1) is 6.92 Å². The van der Waals surface area contributed by atoms with Crippen molar-refractivity contribution < 1.29 is 0 Å². The van der Waals surface area contributed by atoms with E-state index in [1.807, 2.05) is 79.9 Å². The molecule has 0 fully saturated rings. The van der Waals surface area contributed by atoms with Gasteiger partial charge in [-0.2, -0.15) is 0 Å². The van der Waals surface area contributed by atoms with Crippen molar-refractivity contribution in [1.29, 1.82) is 0 Å². The zero-order valence-electron chi connectivity index (χ0n) is 27.9. The third kappa shape index (κ3) is 5.91. The van der Waals surface area contributed by atoms with E-state index in [4.69, 9.17) is 19.9 Å². The van der Waals surface area contributed by atoms with Gasteiger partial charge in [-0.3, -0.25) is 0 Å². The van der Waals surface area contributed by atoms with E-state index in [-0.39, 0.29) is 0 Å². The monoisotopic (exact) mass is 653 g/mol. The zero-order chi connectivity index (χ0) is 34.1. The third-order valence-electron chi connectivity index (χ3n) is 9.20. The molecule has 9 aromatic rings. The maximum Gasteiger partial charge on any atom is 0.164 e. The van der Waals surface area contributed by atoms with Crippen LogP contribution in [0.3, 0.4) is 0 Å². The van der Waals surface area contributed by atoms with E-state index in [0.717, 1.165) is 44.6 Å². The molecule has 2 aromatic heterocycles. The van der Waals surface area contributed by atoms with E-state index in [1.165, 1.54) is 27.1 Å². The molecule has 0 radical (unpaired) electrons. The van der Waals surface area contributed by atoms with Gasteiger partial charge in [0.1, 0.15) is 0 Å². The molecule has 0 saturated carbocycles. The average Bonchev–Trinajstić information content (AvgIpc) is 3.20. The first-order chi connectivity index (χ1) is 25.2. The lowest BCUT2D eigenvalue weighted by molar-refractivity contribution is 1.07. The van der Waals surface area contributed by atoms with Gasteiger partial charge in [-0.25, -0.2) is 24.9 Å². The molecule has 0 unspecified atom stereocenters. The summed E-state index contributed by atoms with van der Waals surface area (Å²) in [5, 5.41) is 4.75. The van der Waals surface area contributed by atoms with E-state index >= 15 is 0 Å². The van der Waals surface area contributed by atoms with Gasteiger partial charge >= 0.3 is 0 Å². The number of fused-ring (bicyclic) bond motifs is 2. The van der Waals surface area contributed by atoms with Crippen molar-refractivity contribution in [2.75, 3.05) is 0 Å². The maximum absolute atomic E-state index is 5.13. The molecule has 0 aliphatic carbocycles. The Bertz CT molecular complexity index is 2590. The molecule has 0 spiro atoms. The van der Waals surface area contributed by atoms with Crippen molar-refractivity contribution in [3.8, 4) is 67.8 Å². The van der Waals surface area contributed by atoms with Crippen molar-refractivity contribution in [2.45, 2.75) is 6.92 Å². The highest BCUT2D eigenvalue weighted by atomic mass is 15.0. The Hall–Kier alpha value is -6.85. The summed E-state index contributed by atoms with van der Waals surface area (Å²) in [6.07, 6.45) is 1.81. The third-order valence-corrected chi connectivity index (χ3v) is 9.20. The van der Waals surface area contributed by atoms with Crippen LogP contribution in [0.1, 0.15) is 5.69 Å². The Kier molecular flexibility index (Phi) is 7.63. The predicted octanol–water partition coefficient (Wildman–Crippen LogP) is 11.3. The number of aromatic nitrogens is 5. The standard InChI is InChI=1S/C46H31N5/c1-30-23-24-47-43(48-30)36-20-12-19-33(25-36)37-27-38(42-40-21-10-8-17-34(40)26-35-18-9-11-22-41(35)42)29-39(28-37)46-50-44(31-13-4-2-5-14-31)49-45(51-46)32-15-6-3-7-16-32/h2-29H,1H3. The second kappa shape index (κ2) is 12.9. The molecule has 5 nitrogen and oxygen atoms in total. The molecule has 240 valence electrons. The molecule has 9 rings (SSSR count). The lowest BCUT2D eigenvalue weighted by atomic mass is 9.89. The van der Waals surface area contributed by atoms with Crippen LogP contribution in [-0.2, 0) is 0 Å². The topological polar surface area (TPSA) is 64.5 Å². The molecular weight excluding hydrogens is 623 g/mol. The van der Waals surface area contributed by atoms with E-state index < -0.39 is 0 Å². The molecular formula is C46H31N5. The summed E-state index contributed by atoms with van der Waals surface area (Å²) in [6.45, 7) is 1.99. The van der Waals surface area contributed by atoms with Crippen LogP contribution in [0.25, 0.3) is 89.4 Å². The van der Waals surface area contributed by atoms with Crippen molar-refractivity contribution in [2.24, 2.45) is 0 Å². The average molecular weight is 654 g/mol. The fraction of sp³-hybridized carbons (Fsp3) is 0.0217. The Morgan fingerprint density at radius 2 is 0.824 bits per heavy atom. The van der Waals surface area contributed by atoms with Crippen molar-refractivity contribution in [1.82, 2.24) is 24.9 Å². The number of nitrogens with zero attached hydrogens (tertiary/aromatic N) is 5. The van der Waals surface area contributed by atoms with Gasteiger partial charge in [0.15, 0.2) is 23.3 Å². The smallest absolute Gasteiger partial charge is 0.164 e. The number of aryl methyl sites for hydroxylation is 1. The SMILES string of the molecule is Cc1ccnc(-c2cccc(-c3cc(-c4nc(-c5ccccc5)nc(-c5ccccc5)n4)cc(-c4c5ccccc5cc5ccccc45)c3)c2)n1. The largest absolute Gasteiger partial charge is 0.237 e. The fourth-order valence-corrected chi connectivity index (χ4v) is 6.76. The van der Waals surface area contributed by atoms with Crippen LogP contribution in [0.15, 0.2) is 170 Å². The minimum atomic E-state index is 0.605. The summed E-state index contributed by atoms with van der Waals surface area (Å²) in [6, 6.07) is 56.7. The quantitative estimate of drug-likeness (QED) is 0.167. The summed E-state index contributed by atoms with van der Waals surface area (Å²) in [5.41, 5.74) is 8.98. The van der Waals surface area contributed by atoms with E-state index in [2.05, 4.69) is 102 Å². The van der Waals surface area contributed by atoms with E-state index in [9.17, 15) is 0 Å². The Balaban J connectivity index is 1.33. The van der Waals surface area contributed by atoms with Gasteiger partial charge in [0.2, 0.25) is 0 Å². The van der Waals surface area contributed by atoms with Crippen LogP contribution in [0.5, 0.6) is 0 Å². The first-order valence-electron chi connectivity index (χ1n) is 17.0. The second-order valence-electron chi connectivity index (χ2n) is 12.6. The van der Waals surface area contributed by atoms with E-state index in [1.54, 1.807) is 0 Å². The minimum absolute atomic E-state index is 0.605. The molecule has 0 N–H and O–H groups in total. The molecule has 0 aliphatic heterocycles. The molecule has 0 amide bonds. The summed E-state index contributed by atoms with van der Waals surface area (Å²) >= 11 is 0. The number of hydrogen-bond donors (Lipinski definition) is 0. The number of benzene rings is 7. The maximum atomic E-state index is 5.13. The van der Waals surface area contributed by atoms with Crippen LogP contribution >= 0.6 is 0 Å². The summed E-state index contributed by atoms with van der Waals surface area (Å²) in [7, 11) is 0. The molecule has 7 aromatic carbocycles. The van der Waals surface area contributed by atoms with Gasteiger partial charge in [0.25, 0.3) is 0 Å². The highest BCUT2D eigenvalue weighted by Gasteiger charge is 2.17. The van der Waals surface area contributed by atoms with E-state index in [0.29, 0.717) is 23.3 Å². The van der Waals surface area contributed by atoms with Crippen LogP contribution in [0.2, 0.25) is 0 Å². The summed E-state index contributed by atoms with van der Waals surface area (Å²) in [4.78, 5) is 24.5. The van der Waals surface area contributed by atoms with Crippen molar-refractivity contribution in [3.05, 3.63) is 176 Å². The fourth-order valence-electron chi connectivity index (χ4n) is 6.76. The molecule has 51 heavy (non-hydrogen) atoms. The van der Waals surface area contributed by atoms with Gasteiger partial charge in [0, 0.05) is 34.1 Å². The van der Waals surface area contributed by atoms with Gasteiger partial charge in [-0.15, -0.1) is 0 Å². The molecule has 0 aliphatic rings. The van der Waals surface area contributed by atoms with Crippen LogP contribution in [-0.4, -0.2) is 24.9 Å². The van der Waals surface area contributed by atoms with Gasteiger partial charge in [-0.1, -0.05) is 127 Å². The van der Waals surface area contributed by atoms with Gasteiger partial charge < -0.3 is 0 Å². The molecule has 5 heteroatoms. The first-order valence-corrected chi connectivity index (χ1v) is 17.0. The number of rotatable bonds is 6. The molecule has 0 saturated heterocycles. The van der Waals surface area contributed by atoms with Crippen LogP contribution < -0.4 is 0 Å². The zero-order valence-corrected chi connectivity index (χ0v) is 27.9. The Morgan fingerprint density at radius 1 is 0.333 bits per heavy atom.